The highest BCUT2D eigenvalue weighted by Crippen LogP contribution is 2.38. The summed E-state index contributed by atoms with van der Waals surface area (Å²) in [6, 6.07) is 15.2. The Bertz CT molecular complexity index is 1490. The number of rotatable bonds is 8. The molecule has 0 fully saturated rings. The molecule has 0 aliphatic carbocycles. The summed E-state index contributed by atoms with van der Waals surface area (Å²) >= 11 is 0. The van der Waals surface area contributed by atoms with Crippen LogP contribution in [0.15, 0.2) is 71.8 Å². The molecule has 1 N–H and O–H groups in total. The van der Waals surface area contributed by atoms with Gasteiger partial charge in [-0.15, -0.1) is 0 Å². The summed E-state index contributed by atoms with van der Waals surface area (Å²) in [5, 5.41) is 8.95. The van der Waals surface area contributed by atoms with Crippen molar-refractivity contribution in [1.82, 2.24) is 9.38 Å². The molecule has 190 valence electrons. The van der Waals surface area contributed by atoms with Gasteiger partial charge >= 0.3 is 6.18 Å². The number of pyridine rings is 1. The van der Waals surface area contributed by atoms with Crippen molar-refractivity contribution < 1.29 is 31.4 Å². The van der Waals surface area contributed by atoms with Crippen LogP contribution in [0.4, 0.5) is 13.2 Å². The lowest BCUT2D eigenvalue weighted by molar-refractivity contribution is -0.136. The van der Waals surface area contributed by atoms with Gasteiger partial charge in [-0.25, -0.2) is 13.4 Å². The van der Waals surface area contributed by atoms with Crippen LogP contribution in [0.25, 0.3) is 16.9 Å². The number of halogens is 3. The minimum Gasteiger partial charge on any atom is -0.457 e. The Labute approximate surface area is 206 Å². The van der Waals surface area contributed by atoms with Gasteiger partial charge in [0.25, 0.3) is 0 Å². The molecular weight excluding hydrogens is 493 g/mol. The zero-order chi connectivity index (χ0) is 26.1. The second-order valence-electron chi connectivity index (χ2n) is 8.61. The second-order valence-corrected chi connectivity index (χ2v) is 10.7. The average Bonchev–Trinajstić information content (AvgIpc) is 3.22. The van der Waals surface area contributed by atoms with Crippen LogP contribution in [0.5, 0.6) is 11.5 Å². The fourth-order valence-electron chi connectivity index (χ4n) is 3.94. The van der Waals surface area contributed by atoms with Crippen molar-refractivity contribution in [2.24, 2.45) is 0 Å². The van der Waals surface area contributed by atoms with Gasteiger partial charge in [-0.3, -0.25) is 4.40 Å². The molecule has 0 aliphatic heterocycles. The molecule has 0 spiro atoms. The molecule has 10 heteroatoms. The maximum Gasteiger partial charge on any atom is 0.419 e. The van der Waals surface area contributed by atoms with E-state index < -0.39 is 21.6 Å². The van der Waals surface area contributed by atoms with Crippen molar-refractivity contribution in [3.05, 3.63) is 78.1 Å². The highest BCUT2D eigenvalue weighted by Gasteiger charge is 2.35. The zero-order valence-electron chi connectivity index (χ0n) is 19.7. The first-order chi connectivity index (χ1) is 17.0. The third-order valence-corrected chi connectivity index (χ3v) is 7.41. The predicted molar refractivity (Wildman–Crippen MR) is 130 cm³/mol. The first-order valence-electron chi connectivity index (χ1n) is 11.3. The summed E-state index contributed by atoms with van der Waals surface area (Å²) in [6.45, 7) is 3.50. The van der Waals surface area contributed by atoms with E-state index in [-0.39, 0.29) is 35.2 Å². The number of sulfone groups is 1. The van der Waals surface area contributed by atoms with E-state index in [1.165, 1.54) is 22.6 Å². The Balaban J connectivity index is 1.75. The van der Waals surface area contributed by atoms with Crippen LogP contribution >= 0.6 is 0 Å². The summed E-state index contributed by atoms with van der Waals surface area (Å²) in [5.41, 5.74) is 0.660. The topological polar surface area (TPSA) is 80.9 Å². The molecule has 0 aliphatic rings. The van der Waals surface area contributed by atoms with E-state index in [1.807, 2.05) is 13.8 Å². The van der Waals surface area contributed by atoms with Gasteiger partial charge < -0.3 is 9.84 Å². The van der Waals surface area contributed by atoms with Crippen LogP contribution in [0, 0.1) is 0 Å². The van der Waals surface area contributed by atoms with Crippen LogP contribution < -0.4 is 4.74 Å². The van der Waals surface area contributed by atoms with Crippen LogP contribution in [0.1, 0.15) is 37.4 Å². The lowest BCUT2D eigenvalue weighted by Gasteiger charge is -2.12. The summed E-state index contributed by atoms with van der Waals surface area (Å²) in [4.78, 5) is 4.43. The molecule has 0 radical (unpaired) electrons. The fraction of sp³-hybridized carbons (Fsp3) is 0.269. The number of aromatic nitrogens is 2. The van der Waals surface area contributed by atoms with E-state index in [0.717, 1.165) is 6.07 Å². The second kappa shape index (κ2) is 9.94. The quantitative estimate of drug-likeness (QED) is 0.305. The minimum absolute atomic E-state index is 0.0770. The first-order valence-corrected chi connectivity index (χ1v) is 13.0. The number of alkyl halides is 3. The van der Waals surface area contributed by atoms with Crippen molar-refractivity contribution in [2.45, 2.75) is 37.3 Å². The largest absolute Gasteiger partial charge is 0.457 e. The molecule has 2 aromatic carbocycles. The molecule has 0 atom stereocenters. The highest BCUT2D eigenvalue weighted by molar-refractivity contribution is 7.91. The molecule has 4 rings (SSSR count). The number of hydrogen-bond donors (Lipinski definition) is 1. The summed E-state index contributed by atoms with van der Waals surface area (Å²) in [7, 11) is -3.58. The molecule has 0 saturated heterocycles. The lowest BCUT2D eigenvalue weighted by atomic mass is 10.0. The van der Waals surface area contributed by atoms with Crippen molar-refractivity contribution in [3.8, 4) is 22.8 Å². The molecular formula is C26H25F3N2O4S. The zero-order valence-corrected chi connectivity index (χ0v) is 20.5. The Morgan fingerprint density at radius 2 is 1.72 bits per heavy atom. The minimum atomic E-state index is -4.55. The third kappa shape index (κ3) is 5.24. The van der Waals surface area contributed by atoms with E-state index in [9.17, 15) is 21.6 Å². The van der Waals surface area contributed by atoms with Crippen LogP contribution in [-0.4, -0.2) is 35.3 Å². The Hall–Kier alpha value is -3.37. The molecule has 6 nitrogen and oxygen atoms in total. The first kappa shape index (κ1) is 25.7. The van der Waals surface area contributed by atoms with Gasteiger partial charge in [-0.1, -0.05) is 32.0 Å². The Kier molecular flexibility index (Phi) is 7.10. The van der Waals surface area contributed by atoms with Gasteiger partial charge in [0.2, 0.25) is 0 Å². The number of benzene rings is 2. The van der Waals surface area contributed by atoms with E-state index >= 15 is 0 Å². The van der Waals surface area contributed by atoms with Gasteiger partial charge in [0.1, 0.15) is 17.1 Å². The molecule has 2 heterocycles. The van der Waals surface area contributed by atoms with Crippen molar-refractivity contribution >= 4 is 15.5 Å². The number of aliphatic hydroxyl groups is 1. The summed E-state index contributed by atoms with van der Waals surface area (Å²) in [6.07, 6.45) is -2.87. The number of aliphatic hydroxyl groups excluding tert-OH is 1. The van der Waals surface area contributed by atoms with Crippen molar-refractivity contribution in [1.29, 1.82) is 0 Å². The molecule has 0 saturated carbocycles. The highest BCUT2D eigenvalue weighted by atomic mass is 32.2. The van der Waals surface area contributed by atoms with Gasteiger partial charge in [0, 0.05) is 18.4 Å². The van der Waals surface area contributed by atoms with Crippen LogP contribution in [0.2, 0.25) is 0 Å². The van der Waals surface area contributed by atoms with E-state index in [0.29, 0.717) is 28.5 Å². The van der Waals surface area contributed by atoms with Crippen LogP contribution in [-0.2, 0) is 16.0 Å². The lowest BCUT2D eigenvalue weighted by Crippen LogP contribution is -2.08. The van der Waals surface area contributed by atoms with E-state index in [4.69, 9.17) is 9.84 Å². The molecule has 0 unspecified atom stereocenters. The standard InChI is InChI=1S/C26H25F3N2O4S/c1-17(2)23-24(31-12-5-11-22(25(31)30-23)26(27,28)29)18-7-3-8-19(15-18)35-20-9-4-10-21(16-20)36(33,34)14-6-13-32/h3-5,7-12,15-17,32H,6,13-14H2,1-2H3. The molecule has 4 aromatic rings. The normalized spacial score (nSPS) is 12.4. The van der Waals surface area contributed by atoms with Crippen LogP contribution in [0.3, 0.4) is 0 Å². The Morgan fingerprint density at radius 1 is 1.03 bits per heavy atom. The molecule has 0 amide bonds. The monoisotopic (exact) mass is 518 g/mol. The third-order valence-electron chi connectivity index (χ3n) is 5.61. The number of hydrogen-bond acceptors (Lipinski definition) is 5. The average molecular weight is 519 g/mol. The number of ether oxygens (including phenoxy) is 1. The van der Waals surface area contributed by atoms with E-state index in [1.54, 1.807) is 42.6 Å². The number of imidazole rings is 1. The smallest absolute Gasteiger partial charge is 0.419 e. The number of nitrogens with zero attached hydrogens (tertiary/aromatic N) is 2. The maximum absolute atomic E-state index is 13.6. The maximum atomic E-state index is 13.6. The summed E-state index contributed by atoms with van der Waals surface area (Å²) in [5.74, 6) is 0.341. The van der Waals surface area contributed by atoms with E-state index in [2.05, 4.69) is 4.98 Å². The molecule has 0 bridgehead atoms. The molecule has 2 aromatic heterocycles. The van der Waals surface area contributed by atoms with Gasteiger partial charge in [-0.2, -0.15) is 13.2 Å². The number of fused-ring (bicyclic) bond motifs is 1. The van der Waals surface area contributed by atoms with Gasteiger partial charge in [0.15, 0.2) is 9.84 Å². The fourth-order valence-corrected chi connectivity index (χ4v) is 5.27. The predicted octanol–water partition coefficient (Wildman–Crippen LogP) is 6.09. The Morgan fingerprint density at radius 3 is 2.39 bits per heavy atom. The molecule has 36 heavy (non-hydrogen) atoms. The van der Waals surface area contributed by atoms with Crippen molar-refractivity contribution in [3.63, 3.8) is 0 Å². The summed E-state index contributed by atoms with van der Waals surface area (Å²) < 4.78 is 73.2. The SMILES string of the molecule is CC(C)c1nc2c(C(F)(F)F)cccn2c1-c1cccc(Oc2cccc(S(=O)(=O)CCCO)c2)c1. The van der Waals surface area contributed by atoms with Gasteiger partial charge in [0.05, 0.1) is 27.6 Å². The van der Waals surface area contributed by atoms with Crippen molar-refractivity contribution in [2.75, 3.05) is 12.4 Å². The van der Waals surface area contributed by atoms with Gasteiger partial charge in [-0.05, 0) is 54.8 Å².